The molecule has 1 aromatic carbocycles. The first kappa shape index (κ1) is 15.5. The Morgan fingerprint density at radius 2 is 1.67 bits per heavy atom. The van der Waals surface area contributed by atoms with Gasteiger partial charge in [0.15, 0.2) is 0 Å². The molecule has 2 rings (SSSR count). The van der Waals surface area contributed by atoms with Crippen molar-refractivity contribution < 1.29 is 9.59 Å². The highest BCUT2D eigenvalue weighted by atomic mass is 16.2. The molecule has 0 radical (unpaired) electrons. The first-order chi connectivity index (χ1) is 9.87. The number of carbonyl (C=O) groups is 2. The monoisotopic (exact) mass is 288 g/mol. The van der Waals surface area contributed by atoms with E-state index in [9.17, 15) is 9.59 Å². The summed E-state index contributed by atoms with van der Waals surface area (Å²) in [4.78, 5) is 27.2. The first-order valence-corrected chi connectivity index (χ1v) is 7.56. The lowest BCUT2D eigenvalue weighted by Gasteiger charge is -2.49. The molecule has 0 aliphatic carbocycles. The van der Waals surface area contributed by atoms with Crippen LogP contribution in [0.3, 0.4) is 0 Å². The highest BCUT2D eigenvalue weighted by Crippen LogP contribution is 2.32. The number of piperazine rings is 1. The third kappa shape index (κ3) is 2.55. The number of amides is 2. The fourth-order valence-electron chi connectivity index (χ4n) is 2.69. The standard InChI is InChI=1S/C17H24N2O2/c1-5-16(3)15(21)19(12-13-10-8-7-9-11-13)17(4,6-2)14(20)18-16/h7-11H,5-6,12H2,1-4H3,(H,18,20). The van der Waals surface area contributed by atoms with Gasteiger partial charge in [-0.05, 0) is 32.3 Å². The summed E-state index contributed by atoms with van der Waals surface area (Å²) in [5, 5.41) is 2.92. The molecule has 1 N–H and O–H groups in total. The minimum absolute atomic E-state index is 0.00203. The van der Waals surface area contributed by atoms with Gasteiger partial charge in [-0.1, -0.05) is 44.2 Å². The van der Waals surface area contributed by atoms with E-state index in [4.69, 9.17) is 0 Å². The zero-order chi connectivity index (χ0) is 15.7. The van der Waals surface area contributed by atoms with Crippen LogP contribution in [0, 0.1) is 0 Å². The van der Waals surface area contributed by atoms with Crippen LogP contribution in [0.4, 0.5) is 0 Å². The van der Waals surface area contributed by atoms with Crippen molar-refractivity contribution in [1.82, 2.24) is 10.2 Å². The molecule has 1 heterocycles. The Kier molecular flexibility index (Phi) is 4.08. The lowest BCUT2D eigenvalue weighted by atomic mass is 9.84. The Hall–Kier alpha value is -1.84. The molecule has 1 fully saturated rings. The van der Waals surface area contributed by atoms with Crippen LogP contribution in [0.15, 0.2) is 30.3 Å². The van der Waals surface area contributed by atoms with Crippen LogP contribution >= 0.6 is 0 Å². The maximum Gasteiger partial charge on any atom is 0.249 e. The molecule has 2 atom stereocenters. The quantitative estimate of drug-likeness (QED) is 0.925. The van der Waals surface area contributed by atoms with Gasteiger partial charge in [0.2, 0.25) is 11.8 Å². The molecule has 0 spiro atoms. The number of nitrogens with zero attached hydrogens (tertiary/aromatic N) is 1. The van der Waals surface area contributed by atoms with Crippen LogP contribution in [0.2, 0.25) is 0 Å². The van der Waals surface area contributed by atoms with Crippen LogP contribution in [-0.2, 0) is 16.1 Å². The highest BCUT2D eigenvalue weighted by Gasteiger charge is 2.52. The van der Waals surface area contributed by atoms with E-state index >= 15 is 0 Å². The molecular weight excluding hydrogens is 264 g/mol. The van der Waals surface area contributed by atoms with Gasteiger partial charge in [0, 0.05) is 6.54 Å². The molecule has 114 valence electrons. The topological polar surface area (TPSA) is 49.4 Å². The van der Waals surface area contributed by atoms with Crippen molar-refractivity contribution >= 4 is 11.8 Å². The van der Waals surface area contributed by atoms with E-state index in [2.05, 4.69) is 5.32 Å². The zero-order valence-corrected chi connectivity index (χ0v) is 13.3. The van der Waals surface area contributed by atoms with E-state index in [1.54, 1.807) is 11.8 Å². The second-order valence-electron chi connectivity index (χ2n) is 6.14. The maximum atomic E-state index is 12.9. The van der Waals surface area contributed by atoms with E-state index in [0.29, 0.717) is 19.4 Å². The van der Waals surface area contributed by atoms with Crippen molar-refractivity contribution in [2.75, 3.05) is 0 Å². The molecule has 21 heavy (non-hydrogen) atoms. The summed E-state index contributed by atoms with van der Waals surface area (Å²) in [5.41, 5.74) is -0.555. The summed E-state index contributed by atoms with van der Waals surface area (Å²) >= 11 is 0. The molecule has 1 aliphatic rings. The lowest BCUT2D eigenvalue weighted by molar-refractivity contribution is -0.162. The first-order valence-electron chi connectivity index (χ1n) is 7.56. The predicted octanol–water partition coefficient (Wildman–Crippen LogP) is 2.48. The summed E-state index contributed by atoms with van der Waals surface area (Å²) in [6.45, 7) is 7.98. The Morgan fingerprint density at radius 1 is 1.05 bits per heavy atom. The van der Waals surface area contributed by atoms with Crippen molar-refractivity contribution in [3.63, 3.8) is 0 Å². The molecule has 2 unspecified atom stereocenters. The van der Waals surface area contributed by atoms with Crippen molar-refractivity contribution in [1.29, 1.82) is 0 Å². The van der Waals surface area contributed by atoms with Gasteiger partial charge in [0.05, 0.1) is 0 Å². The summed E-state index contributed by atoms with van der Waals surface area (Å²) in [6, 6.07) is 9.82. The Morgan fingerprint density at radius 3 is 2.19 bits per heavy atom. The van der Waals surface area contributed by atoms with Crippen molar-refractivity contribution in [2.24, 2.45) is 0 Å². The fourth-order valence-corrected chi connectivity index (χ4v) is 2.69. The van der Waals surface area contributed by atoms with Crippen molar-refractivity contribution in [3.05, 3.63) is 35.9 Å². The van der Waals surface area contributed by atoms with Gasteiger partial charge < -0.3 is 10.2 Å². The normalized spacial score (nSPS) is 29.4. The molecular formula is C17H24N2O2. The van der Waals surface area contributed by atoms with Crippen LogP contribution in [-0.4, -0.2) is 27.8 Å². The van der Waals surface area contributed by atoms with Gasteiger partial charge >= 0.3 is 0 Å². The lowest BCUT2D eigenvalue weighted by Crippen LogP contribution is -2.73. The van der Waals surface area contributed by atoms with Gasteiger partial charge in [-0.25, -0.2) is 0 Å². The zero-order valence-electron chi connectivity index (χ0n) is 13.3. The molecule has 4 heteroatoms. The number of benzene rings is 1. The average molecular weight is 288 g/mol. The minimum Gasteiger partial charge on any atom is -0.340 e. The fraction of sp³-hybridized carbons (Fsp3) is 0.529. The number of nitrogens with one attached hydrogen (secondary N) is 1. The molecule has 1 aliphatic heterocycles. The second kappa shape index (κ2) is 5.51. The molecule has 1 saturated heterocycles. The van der Waals surface area contributed by atoms with E-state index in [1.165, 1.54) is 0 Å². The highest BCUT2D eigenvalue weighted by molar-refractivity contribution is 6.01. The molecule has 2 amide bonds. The van der Waals surface area contributed by atoms with Crippen LogP contribution in [0.5, 0.6) is 0 Å². The van der Waals surface area contributed by atoms with Crippen LogP contribution in [0.1, 0.15) is 46.1 Å². The van der Waals surface area contributed by atoms with Gasteiger partial charge in [-0.2, -0.15) is 0 Å². The molecule has 0 bridgehead atoms. The number of carbonyl (C=O) groups excluding carboxylic acids is 2. The summed E-state index contributed by atoms with van der Waals surface area (Å²) < 4.78 is 0. The molecule has 1 aromatic rings. The molecule has 0 aromatic heterocycles. The third-order valence-electron chi connectivity index (χ3n) is 4.77. The smallest absolute Gasteiger partial charge is 0.249 e. The Bertz CT molecular complexity index is 543. The van der Waals surface area contributed by atoms with E-state index < -0.39 is 11.1 Å². The van der Waals surface area contributed by atoms with Gasteiger partial charge in [-0.15, -0.1) is 0 Å². The van der Waals surface area contributed by atoms with Crippen molar-refractivity contribution in [3.8, 4) is 0 Å². The molecule has 4 nitrogen and oxygen atoms in total. The van der Waals surface area contributed by atoms with E-state index in [1.807, 2.05) is 51.1 Å². The average Bonchev–Trinajstić information content (AvgIpc) is 2.50. The Balaban J connectivity index is 2.40. The minimum atomic E-state index is -0.805. The summed E-state index contributed by atoms with van der Waals surface area (Å²) in [7, 11) is 0. The maximum absolute atomic E-state index is 12.9. The third-order valence-corrected chi connectivity index (χ3v) is 4.77. The summed E-state index contributed by atoms with van der Waals surface area (Å²) in [6.07, 6.45) is 1.18. The number of rotatable bonds is 4. The number of hydrogen-bond acceptors (Lipinski definition) is 2. The second-order valence-corrected chi connectivity index (χ2v) is 6.14. The predicted molar refractivity (Wildman–Crippen MR) is 82.5 cm³/mol. The Labute approximate surface area is 126 Å². The van der Waals surface area contributed by atoms with Gasteiger partial charge in [0.25, 0.3) is 0 Å². The number of hydrogen-bond donors (Lipinski definition) is 1. The van der Waals surface area contributed by atoms with E-state index in [0.717, 1.165) is 5.56 Å². The van der Waals surface area contributed by atoms with Crippen LogP contribution in [0.25, 0.3) is 0 Å². The van der Waals surface area contributed by atoms with Gasteiger partial charge in [-0.3, -0.25) is 9.59 Å². The largest absolute Gasteiger partial charge is 0.340 e. The van der Waals surface area contributed by atoms with E-state index in [-0.39, 0.29) is 11.8 Å². The van der Waals surface area contributed by atoms with Crippen LogP contribution < -0.4 is 5.32 Å². The SMILES string of the molecule is CCC1(C)NC(=O)C(C)(CC)N(Cc2ccccc2)C1=O. The van der Waals surface area contributed by atoms with Gasteiger partial charge in [0.1, 0.15) is 11.1 Å². The molecule has 0 saturated carbocycles. The van der Waals surface area contributed by atoms with Crippen molar-refractivity contribution in [2.45, 2.75) is 58.2 Å². The summed E-state index contributed by atoms with van der Waals surface area (Å²) in [5.74, 6) is -0.0670.